The van der Waals surface area contributed by atoms with Gasteiger partial charge in [0, 0.05) is 23.6 Å². The molecule has 0 saturated carbocycles. The molecule has 0 bridgehead atoms. The average molecular weight is 308 g/mol. The maximum absolute atomic E-state index is 12.3. The van der Waals surface area contributed by atoms with Gasteiger partial charge in [-0.1, -0.05) is 44.2 Å². The van der Waals surface area contributed by atoms with Gasteiger partial charge in [-0.05, 0) is 5.56 Å². The lowest BCUT2D eigenvalue weighted by Gasteiger charge is -2.35. The first kappa shape index (κ1) is 15.7. The number of rotatable bonds is 3. The molecule has 1 aromatic rings. The van der Waals surface area contributed by atoms with Crippen LogP contribution in [-0.2, 0) is 4.79 Å². The Balaban J connectivity index is 2.07. The third-order valence-corrected chi connectivity index (χ3v) is 4.58. The third-order valence-electron chi connectivity index (χ3n) is 3.35. The molecule has 2 rings (SSSR count). The fourth-order valence-corrected chi connectivity index (χ4v) is 3.82. The fraction of sp³-hybridized carbons (Fsp3) is 0.467. The van der Waals surface area contributed by atoms with E-state index in [1.807, 2.05) is 17.8 Å². The molecule has 1 saturated heterocycles. The highest BCUT2D eigenvalue weighted by molar-refractivity contribution is 8.00. The predicted molar refractivity (Wildman–Crippen MR) is 83.4 cm³/mol. The molecule has 1 aromatic carbocycles. The highest BCUT2D eigenvalue weighted by Gasteiger charge is 2.29. The maximum Gasteiger partial charge on any atom is 0.330 e. The third kappa shape index (κ3) is 4.14. The topological polar surface area (TPSA) is 69.6 Å². The van der Waals surface area contributed by atoms with Crippen molar-refractivity contribution in [3.63, 3.8) is 0 Å². The van der Waals surface area contributed by atoms with Gasteiger partial charge in [0.15, 0.2) is 6.04 Å². The molecule has 3 atom stereocenters. The number of nitrogens with zero attached hydrogens (tertiary/aromatic N) is 1. The van der Waals surface area contributed by atoms with Crippen LogP contribution >= 0.6 is 11.8 Å². The number of carboxylic acid groups (broad SMARTS) is 1. The van der Waals surface area contributed by atoms with E-state index in [-0.39, 0.29) is 6.03 Å². The standard InChI is InChI=1S/C15H20N2O3S/c1-10-8-17(9-11(2)21-10)15(20)16-13(14(18)19)12-6-4-3-5-7-12/h3-7,10-11,13H,8-9H2,1-2H3,(H,16,20)(H,18,19). The zero-order valence-corrected chi connectivity index (χ0v) is 13.0. The molecule has 114 valence electrons. The molecule has 0 aromatic heterocycles. The largest absolute Gasteiger partial charge is 0.479 e. The van der Waals surface area contributed by atoms with Gasteiger partial charge in [-0.2, -0.15) is 11.8 Å². The van der Waals surface area contributed by atoms with Crippen LogP contribution < -0.4 is 5.32 Å². The van der Waals surface area contributed by atoms with Crippen LogP contribution in [0.5, 0.6) is 0 Å². The zero-order chi connectivity index (χ0) is 15.4. The van der Waals surface area contributed by atoms with Crippen molar-refractivity contribution in [1.82, 2.24) is 10.2 Å². The molecule has 1 fully saturated rings. The number of benzene rings is 1. The maximum atomic E-state index is 12.3. The van der Waals surface area contributed by atoms with E-state index in [0.29, 0.717) is 29.2 Å². The van der Waals surface area contributed by atoms with Crippen LogP contribution in [0.3, 0.4) is 0 Å². The summed E-state index contributed by atoms with van der Waals surface area (Å²) in [7, 11) is 0. The first-order chi connectivity index (χ1) is 9.97. The SMILES string of the molecule is CC1CN(C(=O)NC(C(=O)O)c2ccccc2)CC(C)S1. The average Bonchev–Trinajstić information content (AvgIpc) is 2.44. The van der Waals surface area contributed by atoms with Crippen LogP contribution in [0.4, 0.5) is 4.79 Å². The molecule has 6 heteroatoms. The van der Waals surface area contributed by atoms with E-state index in [4.69, 9.17) is 0 Å². The monoisotopic (exact) mass is 308 g/mol. The van der Waals surface area contributed by atoms with Crippen LogP contribution in [0.15, 0.2) is 30.3 Å². The fourth-order valence-electron chi connectivity index (χ4n) is 2.49. The van der Waals surface area contributed by atoms with Crippen LogP contribution in [0.25, 0.3) is 0 Å². The van der Waals surface area contributed by atoms with E-state index in [1.165, 1.54) is 0 Å². The van der Waals surface area contributed by atoms with E-state index < -0.39 is 12.0 Å². The van der Waals surface area contributed by atoms with Gasteiger partial charge in [-0.3, -0.25) is 0 Å². The van der Waals surface area contributed by atoms with Gasteiger partial charge in [0.25, 0.3) is 0 Å². The van der Waals surface area contributed by atoms with E-state index in [1.54, 1.807) is 29.2 Å². The molecule has 3 unspecified atom stereocenters. The summed E-state index contributed by atoms with van der Waals surface area (Å²) in [6.07, 6.45) is 0. The number of thioether (sulfide) groups is 1. The second-order valence-corrected chi connectivity index (χ2v) is 7.18. The lowest BCUT2D eigenvalue weighted by molar-refractivity contribution is -0.139. The van der Waals surface area contributed by atoms with Gasteiger partial charge in [-0.15, -0.1) is 0 Å². The van der Waals surface area contributed by atoms with E-state index in [9.17, 15) is 14.7 Å². The zero-order valence-electron chi connectivity index (χ0n) is 12.2. The summed E-state index contributed by atoms with van der Waals surface area (Å²) >= 11 is 1.85. The summed E-state index contributed by atoms with van der Waals surface area (Å²) in [5, 5.41) is 12.7. The molecule has 2 N–H and O–H groups in total. The van der Waals surface area contributed by atoms with Gasteiger partial charge in [0.2, 0.25) is 0 Å². The summed E-state index contributed by atoms with van der Waals surface area (Å²) in [6, 6.07) is 7.42. The van der Waals surface area contributed by atoms with Crippen LogP contribution in [0.1, 0.15) is 25.5 Å². The minimum atomic E-state index is -1.05. The Morgan fingerprint density at radius 3 is 2.33 bits per heavy atom. The van der Waals surface area contributed by atoms with Gasteiger partial charge >= 0.3 is 12.0 Å². The van der Waals surface area contributed by atoms with Crippen LogP contribution in [0, 0.1) is 0 Å². The number of hydrogen-bond donors (Lipinski definition) is 2. The first-order valence-electron chi connectivity index (χ1n) is 6.96. The van der Waals surface area contributed by atoms with Gasteiger partial charge < -0.3 is 15.3 Å². The van der Waals surface area contributed by atoms with Crippen LogP contribution in [-0.4, -0.2) is 45.6 Å². The van der Waals surface area contributed by atoms with Gasteiger partial charge in [0.1, 0.15) is 0 Å². The van der Waals surface area contributed by atoms with E-state index in [2.05, 4.69) is 19.2 Å². The Morgan fingerprint density at radius 1 is 1.24 bits per heavy atom. The number of carbonyl (C=O) groups excluding carboxylic acids is 1. The first-order valence-corrected chi connectivity index (χ1v) is 7.90. The summed E-state index contributed by atoms with van der Waals surface area (Å²) in [5.41, 5.74) is 0.575. The lowest BCUT2D eigenvalue weighted by atomic mass is 10.1. The second-order valence-electron chi connectivity index (χ2n) is 5.29. The van der Waals surface area contributed by atoms with Crippen molar-refractivity contribution >= 4 is 23.8 Å². The number of carboxylic acids is 1. The molecular weight excluding hydrogens is 288 g/mol. The lowest BCUT2D eigenvalue weighted by Crippen LogP contribution is -2.50. The Morgan fingerprint density at radius 2 is 1.81 bits per heavy atom. The summed E-state index contributed by atoms with van der Waals surface area (Å²) < 4.78 is 0. The molecule has 0 radical (unpaired) electrons. The minimum absolute atomic E-state index is 0.315. The molecule has 0 aliphatic carbocycles. The molecule has 5 nitrogen and oxygen atoms in total. The molecule has 1 aliphatic heterocycles. The molecule has 2 amide bonds. The van der Waals surface area contributed by atoms with Crippen LogP contribution in [0.2, 0.25) is 0 Å². The summed E-state index contributed by atoms with van der Waals surface area (Å²) in [6.45, 7) is 5.43. The highest BCUT2D eigenvalue weighted by atomic mass is 32.2. The summed E-state index contributed by atoms with van der Waals surface area (Å²) in [5.74, 6) is -1.05. The Bertz CT molecular complexity index is 499. The predicted octanol–water partition coefficient (Wildman–Crippen LogP) is 2.35. The highest BCUT2D eigenvalue weighted by Crippen LogP contribution is 2.25. The molecule has 0 spiro atoms. The van der Waals surface area contributed by atoms with Crippen molar-refractivity contribution in [2.24, 2.45) is 0 Å². The number of carbonyl (C=O) groups is 2. The van der Waals surface area contributed by atoms with Crippen molar-refractivity contribution in [3.05, 3.63) is 35.9 Å². The number of urea groups is 1. The smallest absolute Gasteiger partial charge is 0.330 e. The Labute approximate surface area is 128 Å². The number of amides is 2. The van der Waals surface area contributed by atoms with E-state index in [0.717, 1.165) is 0 Å². The van der Waals surface area contributed by atoms with Gasteiger partial charge in [0.05, 0.1) is 0 Å². The van der Waals surface area contributed by atoms with Crippen molar-refractivity contribution in [3.8, 4) is 0 Å². The number of hydrogen-bond acceptors (Lipinski definition) is 3. The van der Waals surface area contributed by atoms with Crippen molar-refractivity contribution in [2.75, 3.05) is 13.1 Å². The number of nitrogens with one attached hydrogen (secondary N) is 1. The minimum Gasteiger partial charge on any atom is -0.479 e. The van der Waals surface area contributed by atoms with Crippen molar-refractivity contribution in [1.29, 1.82) is 0 Å². The van der Waals surface area contributed by atoms with Crippen molar-refractivity contribution < 1.29 is 14.7 Å². The van der Waals surface area contributed by atoms with Gasteiger partial charge in [-0.25, -0.2) is 9.59 Å². The quantitative estimate of drug-likeness (QED) is 0.899. The molecule has 1 aliphatic rings. The molecule has 21 heavy (non-hydrogen) atoms. The summed E-state index contributed by atoms with van der Waals surface area (Å²) in [4.78, 5) is 25.4. The Hall–Kier alpha value is -1.69. The normalized spacial score (nSPS) is 23.4. The molecular formula is C15H20N2O3S. The Kier molecular flexibility index (Phi) is 5.12. The van der Waals surface area contributed by atoms with E-state index >= 15 is 0 Å². The number of aliphatic carboxylic acids is 1. The second kappa shape index (κ2) is 6.85. The molecule has 1 heterocycles. The van der Waals surface area contributed by atoms with Crippen molar-refractivity contribution in [2.45, 2.75) is 30.4 Å².